The van der Waals surface area contributed by atoms with Gasteiger partial charge in [0, 0.05) is 0 Å². The van der Waals surface area contributed by atoms with Crippen LogP contribution < -0.4 is 0 Å². The topological polar surface area (TPSA) is 90.2 Å². The third-order valence-corrected chi connectivity index (χ3v) is 7.03. The van der Waals surface area contributed by atoms with Crippen LogP contribution in [0.25, 0.3) is 0 Å². The Labute approximate surface area is 184 Å². The number of rotatable bonds is 6. The van der Waals surface area contributed by atoms with Gasteiger partial charge in [-0.15, -0.1) is 0 Å². The number of aryl methyl sites for hydroxylation is 1. The summed E-state index contributed by atoms with van der Waals surface area (Å²) < 4.78 is 5.94. The molecule has 1 aliphatic heterocycles. The average molecular weight is 427 g/mol. The highest BCUT2D eigenvalue weighted by Crippen LogP contribution is 2.40. The highest BCUT2D eigenvalue weighted by molar-refractivity contribution is 5.51. The Bertz CT molecular complexity index is 905. The molecule has 2 aromatic rings. The van der Waals surface area contributed by atoms with E-state index in [-0.39, 0.29) is 0 Å². The number of ether oxygens (including phenoxy) is 1. The Balaban J connectivity index is 1.76. The molecule has 2 aromatic carbocycles. The summed E-state index contributed by atoms with van der Waals surface area (Å²) in [7, 11) is 0. The summed E-state index contributed by atoms with van der Waals surface area (Å²) in [5.41, 5.74) is 8.59. The van der Waals surface area contributed by atoms with Gasteiger partial charge < -0.3 is 25.2 Å². The van der Waals surface area contributed by atoms with Gasteiger partial charge in [0.2, 0.25) is 0 Å². The largest absolute Gasteiger partial charge is 0.394 e. The van der Waals surface area contributed by atoms with Crippen LogP contribution in [-0.4, -0.2) is 51.4 Å². The fourth-order valence-electron chi connectivity index (χ4n) is 5.27. The average Bonchev–Trinajstić information content (AvgIpc) is 3.28. The van der Waals surface area contributed by atoms with Crippen LogP contribution in [0.15, 0.2) is 30.3 Å². The maximum absolute atomic E-state index is 10.8. The van der Waals surface area contributed by atoms with Crippen molar-refractivity contribution >= 4 is 0 Å². The molecule has 5 atom stereocenters. The Morgan fingerprint density at radius 3 is 2.19 bits per heavy atom. The summed E-state index contributed by atoms with van der Waals surface area (Å²) in [5, 5.41) is 40.9. The molecule has 1 saturated heterocycles. The lowest BCUT2D eigenvalue weighted by molar-refractivity contribution is -0.231. The number of aliphatic hydroxyl groups excluding tert-OH is 4. The second-order valence-corrected chi connectivity index (χ2v) is 8.86. The van der Waals surface area contributed by atoms with Gasteiger partial charge >= 0.3 is 0 Å². The molecule has 168 valence electrons. The van der Waals surface area contributed by atoms with Crippen molar-refractivity contribution in [2.45, 2.75) is 82.9 Å². The van der Waals surface area contributed by atoms with Gasteiger partial charge in [0.15, 0.2) is 0 Å². The molecule has 4 N–H and O–H groups in total. The Kier molecular flexibility index (Phi) is 6.80. The monoisotopic (exact) mass is 426 g/mol. The van der Waals surface area contributed by atoms with Crippen LogP contribution in [0.1, 0.15) is 65.3 Å². The van der Waals surface area contributed by atoms with E-state index in [1.807, 2.05) is 0 Å². The zero-order chi connectivity index (χ0) is 22.1. The first-order chi connectivity index (χ1) is 15.0. The van der Waals surface area contributed by atoms with Crippen molar-refractivity contribution in [3.05, 3.63) is 69.3 Å². The van der Waals surface area contributed by atoms with E-state index in [9.17, 15) is 20.4 Å². The second kappa shape index (κ2) is 9.39. The van der Waals surface area contributed by atoms with Gasteiger partial charge in [-0.1, -0.05) is 44.2 Å². The van der Waals surface area contributed by atoms with E-state index in [0.29, 0.717) is 0 Å². The molecule has 5 heteroatoms. The van der Waals surface area contributed by atoms with Gasteiger partial charge in [-0.2, -0.15) is 0 Å². The van der Waals surface area contributed by atoms with E-state index < -0.39 is 37.1 Å². The van der Waals surface area contributed by atoms with Crippen molar-refractivity contribution in [2.24, 2.45) is 0 Å². The molecule has 5 nitrogen and oxygen atoms in total. The standard InChI is InChI=1S/C26H34O5/c1-3-15-8-10-16(11-9-15)12-17-13-21(18(4-2)20-7-5-6-19(17)20)26-25(30)24(29)23(28)22(14-27)31-26/h8-11,13,22-30H,3-7,12,14H2,1-2H3/t22-,23?,24+,25+,26+/m1/s1. The van der Waals surface area contributed by atoms with E-state index in [0.717, 1.165) is 44.1 Å². The molecule has 1 fully saturated rings. The van der Waals surface area contributed by atoms with Gasteiger partial charge in [-0.3, -0.25) is 0 Å². The maximum atomic E-state index is 10.8. The second-order valence-electron chi connectivity index (χ2n) is 8.86. The minimum atomic E-state index is -1.36. The van der Waals surface area contributed by atoms with Gasteiger partial charge in [0.05, 0.1) is 6.61 Å². The molecule has 0 radical (unpaired) electrons. The molecule has 4 rings (SSSR count). The maximum Gasteiger partial charge on any atom is 0.113 e. The quantitative estimate of drug-likeness (QED) is 0.570. The highest BCUT2D eigenvalue weighted by atomic mass is 16.5. The smallest absolute Gasteiger partial charge is 0.113 e. The molecule has 31 heavy (non-hydrogen) atoms. The van der Waals surface area contributed by atoms with Gasteiger partial charge in [0.1, 0.15) is 30.5 Å². The lowest BCUT2D eigenvalue weighted by atomic mass is 9.83. The van der Waals surface area contributed by atoms with Gasteiger partial charge in [-0.05, 0) is 77.5 Å². The fourth-order valence-corrected chi connectivity index (χ4v) is 5.27. The van der Waals surface area contributed by atoms with Crippen molar-refractivity contribution < 1.29 is 25.2 Å². The van der Waals surface area contributed by atoms with Crippen LogP contribution in [0.3, 0.4) is 0 Å². The Morgan fingerprint density at radius 1 is 0.871 bits per heavy atom. The Morgan fingerprint density at radius 2 is 1.55 bits per heavy atom. The summed E-state index contributed by atoms with van der Waals surface area (Å²) in [6, 6.07) is 10.8. The van der Waals surface area contributed by atoms with Crippen molar-refractivity contribution in [3.63, 3.8) is 0 Å². The summed E-state index contributed by atoms with van der Waals surface area (Å²) in [4.78, 5) is 0. The Hall–Kier alpha value is -1.76. The van der Waals surface area contributed by atoms with Crippen LogP contribution in [0, 0.1) is 0 Å². The molecule has 0 amide bonds. The first-order valence-electron chi connectivity index (χ1n) is 11.5. The number of benzene rings is 2. The zero-order valence-electron chi connectivity index (χ0n) is 18.4. The third-order valence-electron chi connectivity index (χ3n) is 7.03. The van der Waals surface area contributed by atoms with Crippen molar-refractivity contribution in [3.8, 4) is 0 Å². The molecule has 1 unspecified atom stereocenters. The van der Waals surface area contributed by atoms with Crippen LogP contribution in [0.4, 0.5) is 0 Å². The number of aliphatic hydroxyl groups is 4. The van der Waals surface area contributed by atoms with E-state index in [1.54, 1.807) is 0 Å². The van der Waals surface area contributed by atoms with E-state index in [2.05, 4.69) is 44.2 Å². The highest BCUT2D eigenvalue weighted by Gasteiger charge is 2.45. The lowest BCUT2D eigenvalue weighted by Gasteiger charge is -2.41. The van der Waals surface area contributed by atoms with E-state index in [4.69, 9.17) is 4.74 Å². The molecular formula is C26H34O5. The van der Waals surface area contributed by atoms with E-state index >= 15 is 0 Å². The predicted octanol–water partition coefficient (Wildman–Crippen LogP) is 2.41. The van der Waals surface area contributed by atoms with Crippen LogP contribution in [0.2, 0.25) is 0 Å². The number of hydrogen-bond acceptors (Lipinski definition) is 5. The summed E-state index contributed by atoms with van der Waals surface area (Å²) in [5.74, 6) is 0. The molecule has 0 spiro atoms. The summed E-state index contributed by atoms with van der Waals surface area (Å²) in [6.45, 7) is 3.84. The minimum Gasteiger partial charge on any atom is -0.394 e. The van der Waals surface area contributed by atoms with E-state index in [1.165, 1.54) is 33.4 Å². The first kappa shape index (κ1) is 22.4. The zero-order valence-corrected chi connectivity index (χ0v) is 18.4. The van der Waals surface area contributed by atoms with Crippen LogP contribution in [-0.2, 0) is 36.8 Å². The first-order valence-corrected chi connectivity index (χ1v) is 11.5. The normalized spacial score (nSPS) is 28.0. The predicted molar refractivity (Wildman–Crippen MR) is 119 cm³/mol. The molecular weight excluding hydrogens is 392 g/mol. The number of hydrogen-bond donors (Lipinski definition) is 4. The molecule has 0 aromatic heterocycles. The molecule has 1 heterocycles. The molecule has 1 aliphatic carbocycles. The summed E-state index contributed by atoms with van der Waals surface area (Å²) >= 11 is 0. The van der Waals surface area contributed by atoms with Gasteiger partial charge in [-0.25, -0.2) is 0 Å². The minimum absolute atomic E-state index is 0.412. The van der Waals surface area contributed by atoms with Crippen molar-refractivity contribution in [1.82, 2.24) is 0 Å². The SMILES string of the molecule is CCc1ccc(Cc2cc([C@@H]3O[C@H](CO)C(O)[C@H](O)[C@@H]3O)c(CC)c3c2CCC3)cc1. The number of fused-ring (bicyclic) bond motifs is 1. The van der Waals surface area contributed by atoms with Crippen molar-refractivity contribution in [2.75, 3.05) is 6.61 Å². The molecule has 2 aliphatic rings. The van der Waals surface area contributed by atoms with Crippen molar-refractivity contribution in [1.29, 1.82) is 0 Å². The summed E-state index contributed by atoms with van der Waals surface area (Å²) in [6.07, 6.45) is 0.170. The molecule has 0 saturated carbocycles. The third kappa shape index (κ3) is 4.18. The lowest BCUT2D eigenvalue weighted by Crippen LogP contribution is -2.55. The van der Waals surface area contributed by atoms with Crippen LogP contribution >= 0.6 is 0 Å². The fraction of sp³-hybridized carbons (Fsp3) is 0.538. The van der Waals surface area contributed by atoms with Gasteiger partial charge in [0.25, 0.3) is 0 Å². The van der Waals surface area contributed by atoms with Crippen LogP contribution in [0.5, 0.6) is 0 Å². The molecule has 0 bridgehead atoms.